The van der Waals surface area contributed by atoms with E-state index in [0.29, 0.717) is 4.32 Å². The van der Waals surface area contributed by atoms with E-state index >= 15 is 0 Å². The number of alkyl carbamates (subject to hydrolysis) is 1. The Bertz CT molecular complexity index is 399. The van der Waals surface area contributed by atoms with Gasteiger partial charge in [0.1, 0.15) is 9.92 Å². The van der Waals surface area contributed by atoms with Crippen LogP contribution in [0.25, 0.3) is 0 Å². The molecule has 0 fully saturated rings. The molecule has 3 nitrogen and oxygen atoms in total. The largest absolute Gasteiger partial charge is 0.444 e. The van der Waals surface area contributed by atoms with Crippen LogP contribution in [0.3, 0.4) is 0 Å². The Labute approximate surface area is 111 Å². The first-order valence-electron chi connectivity index (χ1n) is 5.14. The van der Waals surface area contributed by atoms with Crippen LogP contribution in [0, 0.1) is 0 Å². The molecule has 0 unspecified atom stereocenters. The van der Waals surface area contributed by atoms with Crippen molar-refractivity contribution in [2.75, 3.05) is 0 Å². The average Bonchev–Trinajstić information content (AvgIpc) is 2.15. The Hall–Kier alpha value is -1.07. The number of carbonyl (C=O) groups is 1. The van der Waals surface area contributed by atoms with Crippen molar-refractivity contribution in [2.45, 2.75) is 31.3 Å². The van der Waals surface area contributed by atoms with Crippen molar-refractivity contribution in [1.82, 2.24) is 5.32 Å². The SMILES string of the molecule is CC(C)(C)OC(=O)NC(=S)Sc1ccccc1. The zero-order chi connectivity index (χ0) is 12.9. The minimum Gasteiger partial charge on any atom is -0.444 e. The Morgan fingerprint density at radius 1 is 1.29 bits per heavy atom. The normalized spacial score (nSPS) is 10.8. The minimum atomic E-state index is -0.522. The lowest BCUT2D eigenvalue weighted by Crippen LogP contribution is -2.34. The molecule has 0 bridgehead atoms. The van der Waals surface area contributed by atoms with Gasteiger partial charge in [0.2, 0.25) is 0 Å². The van der Waals surface area contributed by atoms with E-state index in [1.54, 1.807) is 20.8 Å². The molecule has 0 saturated heterocycles. The summed E-state index contributed by atoms with van der Waals surface area (Å²) in [5.74, 6) is 0. The molecule has 0 aromatic heterocycles. The summed E-state index contributed by atoms with van der Waals surface area (Å²) in [5.41, 5.74) is -0.517. The first-order valence-corrected chi connectivity index (χ1v) is 6.36. The number of thioether (sulfide) groups is 1. The number of thiocarbonyl (C=S) groups is 1. The van der Waals surface area contributed by atoms with Crippen LogP contribution in [-0.2, 0) is 4.74 Å². The van der Waals surface area contributed by atoms with Crippen molar-refractivity contribution >= 4 is 34.4 Å². The van der Waals surface area contributed by atoms with Gasteiger partial charge in [-0.15, -0.1) is 0 Å². The van der Waals surface area contributed by atoms with Gasteiger partial charge in [-0.25, -0.2) is 4.79 Å². The van der Waals surface area contributed by atoms with Crippen molar-refractivity contribution in [3.63, 3.8) is 0 Å². The van der Waals surface area contributed by atoms with E-state index in [1.165, 1.54) is 11.8 Å². The fraction of sp³-hybridized carbons (Fsp3) is 0.333. The molecule has 0 aliphatic rings. The molecule has 17 heavy (non-hydrogen) atoms. The van der Waals surface area contributed by atoms with Gasteiger partial charge in [-0.05, 0) is 32.9 Å². The molecule has 0 aliphatic carbocycles. The third-order valence-corrected chi connectivity index (χ3v) is 2.70. The number of amides is 1. The standard InChI is InChI=1S/C12H15NO2S2/c1-12(2,3)15-10(14)13-11(16)17-9-7-5-4-6-8-9/h4-8H,1-3H3,(H,13,14,16). The number of hydrogen-bond donors (Lipinski definition) is 1. The van der Waals surface area contributed by atoms with Gasteiger partial charge in [0.05, 0.1) is 0 Å². The number of hydrogen-bond acceptors (Lipinski definition) is 4. The molecule has 0 radical (unpaired) electrons. The maximum Gasteiger partial charge on any atom is 0.413 e. The first-order chi connectivity index (χ1) is 7.87. The lowest BCUT2D eigenvalue weighted by Gasteiger charge is -2.19. The van der Waals surface area contributed by atoms with Gasteiger partial charge in [-0.1, -0.05) is 42.2 Å². The Balaban J connectivity index is 2.43. The van der Waals surface area contributed by atoms with E-state index in [9.17, 15) is 4.79 Å². The van der Waals surface area contributed by atoms with E-state index in [-0.39, 0.29) is 0 Å². The summed E-state index contributed by atoms with van der Waals surface area (Å²) in [6.45, 7) is 5.42. The lowest BCUT2D eigenvalue weighted by atomic mass is 10.2. The smallest absolute Gasteiger partial charge is 0.413 e. The maximum atomic E-state index is 11.4. The van der Waals surface area contributed by atoms with Crippen LogP contribution >= 0.6 is 24.0 Å². The summed E-state index contributed by atoms with van der Waals surface area (Å²) in [7, 11) is 0. The summed E-state index contributed by atoms with van der Waals surface area (Å²) >= 11 is 6.37. The van der Waals surface area contributed by atoms with Crippen molar-refractivity contribution in [2.24, 2.45) is 0 Å². The first kappa shape index (κ1) is 14.0. The summed E-state index contributed by atoms with van der Waals surface area (Å²) < 4.78 is 5.48. The molecule has 0 aliphatic heterocycles. The molecule has 1 N–H and O–H groups in total. The van der Waals surface area contributed by atoms with Gasteiger partial charge in [-0.2, -0.15) is 0 Å². The summed E-state index contributed by atoms with van der Waals surface area (Å²) in [6.07, 6.45) is -0.522. The molecule has 1 aromatic rings. The molecule has 5 heteroatoms. The minimum absolute atomic E-state index is 0.380. The third-order valence-electron chi connectivity index (χ3n) is 1.56. The van der Waals surface area contributed by atoms with E-state index in [1.807, 2.05) is 30.3 Å². The number of nitrogens with one attached hydrogen (secondary N) is 1. The zero-order valence-electron chi connectivity index (χ0n) is 10.0. The van der Waals surface area contributed by atoms with Gasteiger partial charge >= 0.3 is 6.09 Å². The van der Waals surface area contributed by atoms with Crippen LogP contribution in [0.4, 0.5) is 4.79 Å². The molecule has 0 heterocycles. The highest BCUT2D eigenvalue weighted by Crippen LogP contribution is 2.18. The van der Waals surface area contributed by atoms with Gasteiger partial charge in [0, 0.05) is 4.90 Å². The molecule has 92 valence electrons. The second-order valence-corrected chi connectivity index (χ2v) is 6.08. The number of carbonyl (C=O) groups excluding carboxylic acids is 1. The molecule has 1 aromatic carbocycles. The average molecular weight is 269 g/mol. The highest BCUT2D eigenvalue weighted by atomic mass is 32.2. The van der Waals surface area contributed by atoms with E-state index in [0.717, 1.165) is 4.90 Å². The molecule has 1 amide bonds. The Morgan fingerprint density at radius 2 is 1.88 bits per heavy atom. The highest BCUT2D eigenvalue weighted by molar-refractivity contribution is 8.23. The lowest BCUT2D eigenvalue weighted by molar-refractivity contribution is 0.0565. The van der Waals surface area contributed by atoms with Crippen molar-refractivity contribution in [1.29, 1.82) is 0 Å². The van der Waals surface area contributed by atoms with Crippen LogP contribution in [0.1, 0.15) is 20.8 Å². The zero-order valence-corrected chi connectivity index (χ0v) is 11.7. The Kier molecular flexibility index (Phi) is 4.96. The molecule has 0 saturated carbocycles. The number of benzene rings is 1. The fourth-order valence-corrected chi connectivity index (χ4v) is 2.02. The Morgan fingerprint density at radius 3 is 2.41 bits per heavy atom. The van der Waals surface area contributed by atoms with Crippen LogP contribution in [0.15, 0.2) is 35.2 Å². The number of ether oxygens (including phenoxy) is 1. The highest BCUT2D eigenvalue weighted by Gasteiger charge is 2.17. The molecular formula is C12H15NO2S2. The third kappa shape index (κ3) is 6.28. The van der Waals surface area contributed by atoms with Crippen molar-refractivity contribution < 1.29 is 9.53 Å². The second kappa shape index (κ2) is 6.02. The predicted molar refractivity (Wildman–Crippen MR) is 74.3 cm³/mol. The van der Waals surface area contributed by atoms with Gasteiger partial charge < -0.3 is 4.74 Å². The van der Waals surface area contributed by atoms with Gasteiger partial charge in [-0.3, -0.25) is 5.32 Å². The van der Waals surface area contributed by atoms with Gasteiger partial charge in [0.15, 0.2) is 0 Å². The van der Waals surface area contributed by atoms with E-state index in [4.69, 9.17) is 17.0 Å². The quantitative estimate of drug-likeness (QED) is 0.624. The topological polar surface area (TPSA) is 38.3 Å². The molecule has 0 spiro atoms. The van der Waals surface area contributed by atoms with Crippen molar-refractivity contribution in [3.05, 3.63) is 30.3 Å². The molecular weight excluding hydrogens is 254 g/mol. The van der Waals surface area contributed by atoms with Crippen LogP contribution < -0.4 is 5.32 Å². The van der Waals surface area contributed by atoms with E-state index in [2.05, 4.69) is 5.32 Å². The van der Waals surface area contributed by atoms with Gasteiger partial charge in [0.25, 0.3) is 0 Å². The summed E-state index contributed by atoms with van der Waals surface area (Å²) in [4.78, 5) is 12.4. The van der Waals surface area contributed by atoms with Crippen LogP contribution in [0.2, 0.25) is 0 Å². The summed E-state index contributed by atoms with van der Waals surface area (Å²) in [6, 6.07) is 9.60. The van der Waals surface area contributed by atoms with Crippen LogP contribution in [0.5, 0.6) is 0 Å². The predicted octanol–water partition coefficient (Wildman–Crippen LogP) is 3.59. The number of rotatable bonds is 1. The summed E-state index contributed by atoms with van der Waals surface area (Å²) in [5, 5.41) is 2.52. The monoisotopic (exact) mass is 269 g/mol. The maximum absolute atomic E-state index is 11.4. The molecule has 0 atom stereocenters. The van der Waals surface area contributed by atoms with Crippen molar-refractivity contribution in [3.8, 4) is 0 Å². The second-order valence-electron chi connectivity index (χ2n) is 4.33. The fourth-order valence-electron chi connectivity index (χ4n) is 1.01. The van der Waals surface area contributed by atoms with E-state index < -0.39 is 11.7 Å². The van der Waals surface area contributed by atoms with Crippen LogP contribution in [-0.4, -0.2) is 16.0 Å². The molecule has 1 rings (SSSR count).